The molecule has 8 heteroatoms. The summed E-state index contributed by atoms with van der Waals surface area (Å²) in [5.41, 5.74) is -1.44. The molecule has 1 atom stereocenters. The average Bonchev–Trinajstić information content (AvgIpc) is 3.36. The number of fused-ring (bicyclic) bond motifs is 1. The minimum Gasteiger partial charge on any atom is -0.477 e. The van der Waals surface area contributed by atoms with Crippen LogP contribution < -0.4 is 15.6 Å². The average molecular weight is 377 g/mol. The second-order valence-corrected chi connectivity index (χ2v) is 7.39. The Kier molecular flexibility index (Phi) is 4.38. The summed E-state index contributed by atoms with van der Waals surface area (Å²) >= 11 is 0. The molecule has 144 valence electrons. The van der Waals surface area contributed by atoms with Gasteiger partial charge in [-0.3, -0.25) is 4.79 Å². The first-order valence-electron chi connectivity index (χ1n) is 9.12. The number of hydrogen-bond acceptors (Lipinski definition) is 4. The third-order valence-electron chi connectivity index (χ3n) is 5.45. The lowest BCUT2D eigenvalue weighted by Crippen LogP contribution is -2.27. The molecular formula is C19H21F2N3O3. The van der Waals surface area contributed by atoms with E-state index in [0.717, 1.165) is 31.9 Å². The lowest BCUT2D eigenvalue weighted by molar-refractivity contribution is 0.0695. The number of carboxylic acid groups (broad SMARTS) is 1. The molecule has 27 heavy (non-hydrogen) atoms. The quantitative estimate of drug-likeness (QED) is 0.837. The van der Waals surface area contributed by atoms with Crippen molar-refractivity contribution in [3.05, 3.63) is 39.7 Å². The zero-order valence-electron chi connectivity index (χ0n) is 15.0. The number of aromatic nitrogens is 1. The van der Waals surface area contributed by atoms with Crippen molar-refractivity contribution in [2.24, 2.45) is 5.92 Å². The van der Waals surface area contributed by atoms with Gasteiger partial charge in [0.05, 0.1) is 10.9 Å². The summed E-state index contributed by atoms with van der Waals surface area (Å²) in [6.07, 6.45) is 3.57. The molecule has 1 saturated heterocycles. The van der Waals surface area contributed by atoms with Crippen LogP contribution in [0.15, 0.2) is 17.1 Å². The molecule has 1 aliphatic heterocycles. The number of carboxylic acids is 1. The van der Waals surface area contributed by atoms with Crippen LogP contribution in [0.3, 0.4) is 0 Å². The largest absolute Gasteiger partial charge is 0.477 e. The molecule has 2 N–H and O–H groups in total. The Morgan fingerprint density at radius 3 is 2.70 bits per heavy atom. The Bertz CT molecular complexity index is 985. The van der Waals surface area contributed by atoms with E-state index in [9.17, 15) is 19.1 Å². The van der Waals surface area contributed by atoms with Crippen molar-refractivity contribution < 1.29 is 18.7 Å². The predicted molar refractivity (Wildman–Crippen MR) is 97.6 cm³/mol. The van der Waals surface area contributed by atoms with E-state index in [1.807, 2.05) is 7.05 Å². The van der Waals surface area contributed by atoms with E-state index in [1.54, 1.807) is 4.90 Å². The number of carbonyl (C=O) groups is 1. The van der Waals surface area contributed by atoms with Gasteiger partial charge in [-0.15, -0.1) is 0 Å². The number of halogens is 2. The van der Waals surface area contributed by atoms with E-state index < -0.39 is 28.6 Å². The molecule has 2 aliphatic rings. The van der Waals surface area contributed by atoms with Crippen LogP contribution in [0, 0.1) is 17.6 Å². The predicted octanol–water partition coefficient (Wildman–Crippen LogP) is 2.36. The van der Waals surface area contributed by atoms with Gasteiger partial charge in [0, 0.05) is 25.3 Å². The fourth-order valence-corrected chi connectivity index (χ4v) is 4.01. The summed E-state index contributed by atoms with van der Waals surface area (Å²) in [6, 6.07) is 0.932. The first-order chi connectivity index (χ1) is 12.9. The van der Waals surface area contributed by atoms with Gasteiger partial charge in [0.1, 0.15) is 17.1 Å². The van der Waals surface area contributed by atoms with Crippen LogP contribution in [0.1, 0.15) is 35.7 Å². The molecule has 2 fully saturated rings. The second kappa shape index (κ2) is 6.60. The minimum absolute atomic E-state index is 0.000895. The van der Waals surface area contributed by atoms with Gasteiger partial charge in [-0.1, -0.05) is 0 Å². The molecule has 2 aromatic rings. The highest BCUT2D eigenvalue weighted by molar-refractivity contribution is 5.94. The van der Waals surface area contributed by atoms with Crippen molar-refractivity contribution >= 4 is 22.6 Å². The van der Waals surface area contributed by atoms with Gasteiger partial charge in [0.2, 0.25) is 5.43 Å². The number of nitrogens with one attached hydrogen (secondary N) is 1. The number of benzene rings is 1. The van der Waals surface area contributed by atoms with Crippen LogP contribution in [0.25, 0.3) is 10.9 Å². The normalized spacial score (nSPS) is 19.8. The number of nitrogens with zero attached hydrogens (tertiary/aromatic N) is 2. The van der Waals surface area contributed by atoms with Crippen LogP contribution in [0.4, 0.5) is 14.5 Å². The highest BCUT2D eigenvalue weighted by atomic mass is 19.1. The lowest BCUT2D eigenvalue weighted by Gasteiger charge is -2.22. The standard InChI is InChI=1S/C19H21F2N3O3/c1-22-7-10-4-5-23(8-10)17-14(20)6-12-16(15(17)21)24(11-2-3-11)9-13(18(12)25)19(26)27/h6,9-11,22H,2-5,7-8H2,1H3,(H,26,27)/t10-/m0/s1. The van der Waals surface area contributed by atoms with E-state index in [-0.39, 0.29) is 22.6 Å². The van der Waals surface area contributed by atoms with Crippen LogP contribution >= 0.6 is 0 Å². The Balaban J connectivity index is 1.91. The van der Waals surface area contributed by atoms with Gasteiger partial charge in [-0.2, -0.15) is 0 Å². The first-order valence-corrected chi connectivity index (χ1v) is 9.12. The third kappa shape index (κ3) is 2.97. The maximum atomic E-state index is 15.5. The van der Waals surface area contributed by atoms with Gasteiger partial charge in [-0.25, -0.2) is 13.6 Å². The van der Waals surface area contributed by atoms with E-state index in [2.05, 4.69) is 5.32 Å². The van der Waals surface area contributed by atoms with Crippen molar-refractivity contribution in [3.8, 4) is 0 Å². The van der Waals surface area contributed by atoms with E-state index in [0.29, 0.717) is 19.0 Å². The molecule has 0 unspecified atom stereocenters. The molecule has 0 spiro atoms. The molecule has 0 amide bonds. The van der Waals surface area contributed by atoms with Gasteiger partial charge < -0.3 is 19.9 Å². The maximum Gasteiger partial charge on any atom is 0.341 e. The number of aromatic carboxylic acids is 1. The highest BCUT2D eigenvalue weighted by Crippen LogP contribution is 2.40. The summed E-state index contributed by atoms with van der Waals surface area (Å²) in [7, 11) is 1.84. The number of hydrogen-bond donors (Lipinski definition) is 2. The fourth-order valence-electron chi connectivity index (χ4n) is 4.01. The van der Waals surface area contributed by atoms with Crippen molar-refractivity contribution in [3.63, 3.8) is 0 Å². The highest BCUT2D eigenvalue weighted by Gasteiger charge is 2.32. The summed E-state index contributed by atoms with van der Waals surface area (Å²) in [6.45, 7) is 1.83. The molecule has 1 aromatic carbocycles. The first kappa shape index (κ1) is 17.9. The molecule has 0 bridgehead atoms. The summed E-state index contributed by atoms with van der Waals surface area (Å²) in [5, 5.41) is 12.1. The minimum atomic E-state index is -1.39. The van der Waals surface area contributed by atoms with Gasteiger partial charge in [-0.05, 0) is 44.8 Å². The topological polar surface area (TPSA) is 74.6 Å². The van der Waals surface area contributed by atoms with Crippen LogP contribution in [-0.2, 0) is 0 Å². The number of pyridine rings is 1. The zero-order valence-corrected chi connectivity index (χ0v) is 15.0. The second-order valence-electron chi connectivity index (χ2n) is 7.39. The van der Waals surface area contributed by atoms with Crippen LogP contribution in [-0.4, -0.2) is 42.3 Å². The van der Waals surface area contributed by atoms with Crippen LogP contribution in [0.5, 0.6) is 0 Å². The molecule has 0 radical (unpaired) electrons. The maximum absolute atomic E-state index is 15.5. The number of rotatable bonds is 5. The Hall–Kier alpha value is -2.48. The Morgan fingerprint density at radius 1 is 1.33 bits per heavy atom. The Labute approximate surface area is 154 Å². The molecule has 1 saturated carbocycles. The molecule has 2 heterocycles. The molecule has 4 rings (SSSR count). The zero-order chi connectivity index (χ0) is 19.3. The van der Waals surface area contributed by atoms with Crippen molar-refractivity contribution in [1.29, 1.82) is 0 Å². The van der Waals surface area contributed by atoms with Gasteiger partial charge in [0.25, 0.3) is 0 Å². The van der Waals surface area contributed by atoms with E-state index in [1.165, 1.54) is 10.8 Å². The van der Waals surface area contributed by atoms with Crippen molar-refractivity contribution in [2.45, 2.75) is 25.3 Å². The smallest absolute Gasteiger partial charge is 0.341 e. The van der Waals surface area contributed by atoms with Gasteiger partial charge in [0.15, 0.2) is 5.82 Å². The summed E-state index contributed by atoms with van der Waals surface area (Å²) in [4.78, 5) is 25.6. The summed E-state index contributed by atoms with van der Waals surface area (Å²) < 4.78 is 31.8. The SMILES string of the molecule is CNC[C@@H]1CCN(c2c(F)cc3c(=O)c(C(=O)O)cn(C4CC4)c3c2F)C1. The number of anilines is 1. The molecular weight excluding hydrogens is 356 g/mol. The van der Waals surface area contributed by atoms with E-state index in [4.69, 9.17) is 0 Å². The fraction of sp³-hybridized carbons (Fsp3) is 0.474. The molecule has 6 nitrogen and oxygen atoms in total. The lowest BCUT2D eigenvalue weighted by atomic mass is 10.1. The van der Waals surface area contributed by atoms with Crippen molar-refractivity contribution in [1.82, 2.24) is 9.88 Å². The van der Waals surface area contributed by atoms with Crippen LogP contribution in [0.2, 0.25) is 0 Å². The summed E-state index contributed by atoms with van der Waals surface area (Å²) in [5.74, 6) is -2.71. The van der Waals surface area contributed by atoms with Crippen molar-refractivity contribution in [2.75, 3.05) is 31.6 Å². The Morgan fingerprint density at radius 2 is 2.07 bits per heavy atom. The van der Waals surface area contributed by atoms with Gasteiger partial charge >= 0.3 is 5.97 Å². The molecule has 1 aliphatic carbocycles. The van der Waals surface area contributed by atoms with E-state index >= 15 is 4.39 Å². The monoisotopic (exact) mass is 377 g/mol. The third-order valence-corrected chi connectivity index (χ3v) is 5.45. The molecule has 1 aromatic heterocycles.